The number of hydrogen-bond donors (Lipinski definition) is 1. The van der Waals surface area contributed by atoms with Gasteiger partial charge in [-0.25, -0.2) is 0 Å². The average molecular weight is 253 g/mol. The van der Waals surface area contributed by atoms with Crippen LogP contribution in [0.15, 0.2) is 30.3 Å². The van der Waals surface area contributed by atoms with Crippen LogP contribution in [0.2, 0.25) is 0 Å². The fourth-order valence-corrected chi connectivity index (χ4v) is 2.54. The Balaban J connectivity index is 1.88. The van der Waals surface area contributed by atoms with Gasteiger partial charge >= 0.3 is 0 Å². The van der Waals surface area contributed by atoms with Crippen molar-refractivity contribution in [1.82, 2.24) is 5.32 Å². The van der Waals surface area contributed by atoms with Crippen LogP contribution in [-0.4, -0.2) is 12.6 Å². The summed E-state index contributed by atoms with van der Waals surface area (Å²) in [6.07, 6.45) is 6.87. The molecule has 0 amide bonds. The number of halogens is 2. The van der Waals surface area contributed by atoms with Crippen molar-refractivity contribution >= 4 is 0 Å². The number of hydrogen-bond acceptors (Lipinski definition) is 1. The monoisotopic (exact) mass is 253 g/mol. The minimum absolute atomic E-state index is 0.103. The van der Waals surface area contributed by atoms with Gasteiger partial charge in [0.05, 0.1) is 6.54 Å². The highest BCUT2D eigenvalue weighted by atomic mass is 19.3. The predicted octanol–water partition coefficient (Wildman–Crippen LogP) is 4.09. The highest BCUT2D eigenvalue weighted by Gasteiger charge is 2.31. The molecule has 0 aromatic heterocycles. The van der Waals surface area contributed by atoms with E-state index in [0.29, 0.717) is 0 Å². The second-order valence-corrected chi connectivity index (χ2v) is 5.14. The summed E-state index contributed by atoms with van der Waals surface area (Å²) in [6, 6.07) is 8.34. The molecule has 1 N–H and O–H groups in total. The molecule has 1 aliphatic rings. The molecule has 1 aliphatic carbocycles. The lowest BCUT2D eigenvalue weighted by molar-refractivity contribution is -0.00615. The maximum Gasteiger partial charge on any atom is 0.285 e. The van der Waals surface area contributed by atoms with Crippen molar-refractivity contribution in [2.45, 2.75) is 50.5 Å². The third-order valence-electron chi connectivity index (χ3n) is 3.66. The van der Waals surface area contributed by atoms with Gasteiger partial charge < -0.3 is 5.32 Å². The fourth-order valence-electron chi connectivity index (χ4n) is 2.54. The van der Waals surface area contributed by atoms with E-state index in [4.69, 9.17) is 0 Å². The van der Waals surface area contributed by atoms with Crippen LogP contribution in [0, 0.1) is 0 Å². The van der Waals surface area contributed by atoms with Crippen LogP contribution in [0.3, 0.4) is 0 Å². The van der Waals surface area contributed by atoms with E-state index in [1.807, 2.05) is 0 Å². The van der Waals surface area contributed by atoms with E-state index in [9.17, 15) is 8.78 Å². The first kappa shape index (κ1) is 13.5. The van der Waals surface area contributed by atoms with Crippen LogP contribution in [0.5, 0.6) is 0 Å². The molecule has 2 rings (SSSR count). The van der Waals surface area contributed by atoms with E-state index >= 15 is 0 Å². The summed E-state index contributed by atoms with van der Waals surface area (Å²) in [6.45, 7) is -0.248. The molecular formula is C15H21F2N. The van der Waals surface area contributed by atoms with Gasteiger partial charge in [-0.3, -0.25) is 0 Å². The van der Waals surface area contributed by atoms with Gasteiger partial charge in [0.15, 0.2) is 0 Å². The number of benzene rings is 1. The Morgan fingerprint density at radius 1 is 1.00 bits per heavy atom. The van der Waals surface area contributed by atoms with E-state index in [0.717, 1.165) is 25.7 Å². The van der Waals surface area contributed by atoms with Crippen molar-refractivity contribution in [3.05, 3.63) is 35.9 Å². The fraction of sp³-hybridized carbons (Fsp3) is 0.600. The number of alkyl halides is 2. The van der Waals surface area contributed by atoms with Crippen molar-refractivity contribution in [3.8, 4) is 0 Å². The first-order valence-electron chi connectivity index (χ1n) is 6.85. The molecular weight excluding hydrogens is 232 g/mol. The number of nitrogens with one attached hydrogen (secondary N) is 1. The van der Waals surface area contributed by atoms with Crippen molar-refractivity contribution in [2.75, 3.05) is 6.54 Å². The van der Waals surface area contributed by atoms with Crippen LogP contribution in [-0.2, 0) is 5.92 Å². The molecule has 0 saturated heterocycles. The maximum absolute atomic E-state index is 14.0. The minimum Gasteiger partial charge on any atom is -0.308 e. The first-order chi connectivity index (χ1) is 8.68. The summed E-state index contributed by atoms with van der Waals surface area (Å²) in [4.78, 5) is 0. The standard InChI is InChI=1S/C15H21F2N/c16-15(17,13-8-4-3-5-9-13)12-18-14-10-6-1-2-7-11-14/h3-5,8-9,14,18H,1-2,6-7,10-12H2. The Morgan fingerprint density at radius 3 is 2.22 bits per heavy atom. The Bertz CT molecular complexity index is 343. The Morgan fingerprint density at radius 2 is 1.61 bits per heavy atom. The first-order valence-corrected chi connectivity index (χ1v) is 6.85. The third-order valence-corrected chi connectivity index (χ3v) is 3.66. The Kier molecular flexibility index (Phi) is 4.70. The molecule has 0 radical (unpaired) electrons. The van der Waals surface area contributed by atoms with Gasteiger partial charge in [0.1, 0.15) is 0 Å². The van der Waals surface area contributed by atoms with Crippen molar-refractivity contribution < 1.29 is 8.78 Å². The summed E-state index contributed by atoms with van der Waals surface area (Å²) in [5.41, 5.74) is 0.103. The molecule has 1 fully saturated rings. The van der Waals surface area contributed by atoms with E-state index in [1.54, 1.807) is 18.2 Å². The Hall–Kier alpha value is -0.960. The maximum atomic E-state index is 14.0. The second kappa shape index (κ2) is 6.28. The molecule has 0 aliphatic heterocycles. The zero-order chi connectivity index (χ0) is 12.8. The average Bonchev–Trinajstić information content (AvgIpc) is 2.66. The molecule has 18 heavy (non-hydrogen) atoms. The van der Waals surface area contributed by atoms with Crippen LogP contribution in [0.25, 0.3) is 0 Å². The van der Waals surface area contributed by atoms with E-state index < -0.39 is 5.92 Å². The van der Waals surface area contributed by atoms with E-state index in [-0.39, 0.29) is 18.2 Å². The van der Waals surface area contributed by atoms with Crippen molar-refractivity contribution in [2.24, 2.45) is 0 Å². The zero-order valence-corrected chi connectivity index (χ0v) is 10.7. The van der Waals surface area contributed by atoms with Crippen LogP contribution in [0.1, 0.15) is 44.1 Å². The summed E-state index contributed by atoms with van der Waals surface area (Å²) < 4.78 is 27.9. The largest absolute Gasteiger partial charge is 0.308 e. The molecule has 3 heteroatoms. The summed E-state index contributed by atoms with van der Waals surface area (Å²) in [5, 5.41) is 3.05. The molecule has 0 unspecified atom stereocenters. The molecule has 0 atom stereocenters. The minimum atomic E-state index is -2.77. The smallest absolute Gasteiger partial charge is 0.285 e. The molecule has 1 aromatic rings. The SMILES string of the molecule is FC(F)(CNC1CCCCCC1)c1ccccc1. The van der Waals surface area contributed by atoms with Crippen LogP contribution < -0.4 is 5.32 Å². The highest BCUT2D eigenvalue weighted by Crippen LogP contribution is 2.27. The Labute approximate surface area is 108 Å². The summed E-state index contributed by atoms with van der Waals surface area (Å²) >= 11 is 0. The van der Waals surface area contributed by atoms with E-state index in [1.165, 1.54) is 25.0 Å². The lowest BCUT2D eigenvalue weighted by Crippen LogP contribution is -2.37. The van der Waals surface area contributed by atoms with Gasteiger partial charge in [-0.2, -0.15) is 8.78 Å². The van der Waals surface area contributed by atoms with Crippen molar-refractivity contribution in [1.29, 1.82) is 0 Å². The van der Waals surface area contributed by atoms with Crippen LogP contribution in [0.4, 0.5) is 8.78 Å². The highest BCUT2D eigenvalue weighted by molar-refractivity contribution is 5.20. The molecule has 0 bridgehead atoms. The van der Waals surface area contributed by atoms with Gasteiger partial charge in [0, 0.05) is 11.6 Å². The molecule has 1 nitrogen and oxygen atoms in total. The lowest BCUT2D eigenvalue weighted by Gasteiger charge is -2.22. The second-order valence-electron chi connectivity index (χ2n) is 5.14. The predicted molar refractivity (Wildman–Crippen MR) is 69.8 cm³/mol. The molecule has 1 aromatic carbocycles. The lowest BCUT2D eigenvalue weighted by atomic mass is 10.1. The van der Waals surface area contributed by atoms with Gasteiger partial charge in [-0.15, -0.1) is 0 Å². The molecule has 1 saturated carbocycles. The topological polar surface area (TPSA) is 12.0 Å². The van der Waals surface area contributed by atoms with Gasteiger partial charge in [0.25, 0.3) is 5.92 Å². The third kappa shape index (κ3) is 3.77. The normalized spacial score (nSPS) is 18.6. The zero-order valence-electron chi connectivity index (χ0n) is 10.7. The van der Waals surface area contributed by atoms with Crippen molar-refractivity contribution in [3.63, 3.8) is 0 Å². The van der Waals surface area contributed by atoms with Crippen LogP contribution >= 0.6 is 0 Å². The summed E-state index contributed by atoms with van der Waals surface area (Å²) in [5.74, 6) is -2.77. The van der Waals surface area contributed by atoms with Gasteiger partial charge in [0.2, 0.25) is 0 Å². The summed E-state index contributed by atoms with van der Waals surface area (Å²) in [7, 11) is 0. The quantitative estimate of drug-likeness (QED) is 0.797. The number of rotatable bonds is 4. The molecule has 100 valence electrons. The molecule has 0 spiro atoms. The van der Waals surface area contributed by atoms with Gasteiger partial charge in [-0.1, -0.05) is 56.0 Å². The van der Waals surface area contributed by atoms with E-state index in [2.05, 4.69) is 5.32 Å². The molecule has 0 heterocycles. The van der Waals surface area contributed by atoms with Gasteiger partial charge in [-0.05, 0) is 12.8 Å².